The molecule has 14 heteroatoms. The number of benzene rings is 1. The first kappa shape index (κ1) is 28.7. The number of anilines is 2. The van der Waals surface area contributed by atoms with E-state index in [2.05, 4.69) is 25.2 Å². The van der Waals surface area contributed by atoms with Crippen LogP contribution in [0.1, 0.15) is 43.9 Å². The van der Waals surface area contributed by atoms with Crippen molar-refractivity contribution in [2.45, 2.75) is 58.2 Å². The highest BCUT2D eigenvalue weighted by Crippen LogP contribution is 2.46. The van der Waals surface area contributed by atoms with Crippen LogP contribution in [0, 0.1) is 23.0 Å². The number of pyridine rings is 1. The molecule has 3 aromatic heterocycles. The molecule has 2 N–H and O–H groups in total. The van der Waals surface area contributed by atoms with Gasteiger partial charge in [-0.1, -0.05) is 0 Å². The van der Waals surface area contributed by atoms with E-state index < -0.39 is 29.4 Å². The molecule has 2 fully saturated rings. The number of likely N-dealkylation sites (tertiary alicyclic amines) is 1. The van der Waals surface area contributed by atoms with E-state index in [0.29, 0.717) is 29.6 Å². The Morgan fingerprint density at radius 1 is 1.20 bits per heavy atom. The summed E-state index contributed by atoms with van der Waals surface area (Å²) in [5.74, 6) is -1.13. The molecule has 3 aliphatic rings. The van der Waals surface area contributed by atoms with Crippen molar-refractivity contribution >= 4 is 49.4 Å². The number of hydrogen-bond acceptors (Lipinski definition) is 11. The Morgan fingerprint density at radius 2 is 1.98 bits per heavy atom. The Balaban J connectivity index is 1.37. The molecular formula is C30H29F2N7O4S. The lowest BCUT2D eigenvalue weighted by Crippen LogP contribution is -2.50. The van der Waals surface area contributed by atoms with Crippen LogP contribution in [0.15, 0.2) is 12.4 Å². The zero-order valence-corrected chi connectivity index (χ0v) is 25.1. The molecule has 2 saturated heterocycles. The summed E-state index contributed by atoms with van der Waals surface area (Å²) >= 11 is 0.846. The van der Waals surface area contributed by atoms with Crippen molar-refractivity contribution in [3.8, 4) is 17.3 Å². The van der Waals surface area contributed by atoms with E-state index >= 15 is 8.78 Å². The van der Waals surface area contributed by atoms with Crippen LogP contribution in [0.25, 0.3) is 32.2 Å². The summed E-state index contributed by atoms with van der Waals surface area (Å²) in [6.07, 6.45) is 2.26. The molecule has 0 radical (unpaired) electrons. The van der Waals surface area contributed by atoms with Gasteiger partial charge in [0.15, 0.2) is 11.6 Å². The Morgan fingerprint density at radius 3 is 2.68 bits per heavy atom. The van der Waals surface area contributed by atoms with Gasteiger partial charge in [0.25, 0.3) is 0 Å². The van der Waals surface area contributed by atoms with Crippen molar-refractivity contribution in [3.63, 3.8) is 0 Å². The van der Waals surface area contributed by atoms with Gasteiger partial charge >= 0.3 is 6.09 Å². The second-order valence-corrected chi connectivity index (χ2v) is 13.2. The van der Waals surface area contributed by atoms with Crippen molar-refractivity contribution in [3.05, 3.63) is 40.7 Å². The van der Waals surface area contributed by atoms with Crippen LogP contribution < -0.4 is 10.2 Å². The normalized spacial score (nSPS) is 20.2. The first-order valence-electron chi connectivity index (χ1n) is 14.3. The van der Waals surface area contributed by atoms with Gasteiger partial charge in [-0.05, 0) is 51.4 Å². The highest BCUT2D eigenvalue weighted by molar-refractivity contribution is 7.23. The van der Waals surface area contributed by atoms with Crippen molar-refractivity contribution in [2.75, 3.05) is 36.4 Å². The molecule has 228 valence electrons. The number of nitrogens with one attached hydrogen (secondary N) is 1. The van der Waals surface area contributed by atoms with Gasteiger partial charge in [-0.25, -0.2) is 23.5 Å². The van der Waals surface area contributed by atoms with E-state index in [9.17, 15) is 15.2 Å². The SMILES string of the molecule is CC(C)(C)OC(=O)Nc1sc2c(F)cnc(-c3c4c(c5cnc(N6CC(O)C(N7CCC7)C6)nc5c3F)COC4)c2c1C#N. The minimum atomic E-state index is -0.811. The lowest BCUT2D eigenvalue weighted by Gasteiger charge is -2.37. The number of β-amino-alcohol motifs (C(OH)–C–C–N with tert-alkyl or cyclic N) is 1. The number of rotatable bonds is 4. The van der Waals surface area contributed by atoms with E-state index in [1.807, 2.05) is 11.0 Å². The minimum Gasteiger partial charge on any atom is -0.444 e. The summed E-state index contributed by atoms with van der Waals surface area (Å²) in [6, 6.07) is 2.00. The summed E-state index contributed by atoms with van der Waals surface area (Å²) in [7, 11) is 0. The van der Waals surface area contributed by atoms with Gasteiger partial charge in [-0.2, -0.15) is 5.26 Å². The summed E-state index contributed by atoms with van der Waals surface area (Å²) in [5.41, 5.74) is 0.470. The molecule has 0 spiro atoms. The Kier molecular flexibility index (Phi) is 6.89. The van der Waals surface area contributed by atoms with E-state index in [0.717, 1.165) is 37.0 Å². The van der Waals surface area contributed by atoms with Gasteiger partial charge in [-0.15, -0.1) is 11.3 Å². The number of nitriles is 1. The predicted octanol–water partition coefficient (Wildman–Crippen LogP) is 4.69. The maximum Gasteiger partial charge on any atom is 0.412 e. The van der Waals surface area contributed by atoms with E-state index in [1.165, 1.54) is 0 Å². The summed E-state index contributed by atoms with van der Waals surface area (Å²) in [5, 5.41) is 24.0. The van der Waals surface area contributed by atoms with Crippen LogP contribution in [-0.2, 0) is 22.7 Å². The second kappa shape index (κ2) is 10.6. The fraction of sp³-hybridized carbons (Fsp3) is 0.433. The lowest BCUT2D eigenvalue weighted by molar-refractivity contribution is 0.0452. The number of thiophene rings is 1. The smallest absolute Gasteiger partial charge is 0.412 e. The summed E-state index contributed by atoms with van der Waals surface area (Å²) in [4.78, 5) is 30.1. The first-order valence-corrected chi connectivity index (χ1v) is 15.1. The number of carbonyl (C=O) groups excluding carboxylic acids is 1. The largest absolute Gasteiger partial charge is 0.444 e. The van der Waals surface area contributed by atoms with Crippen molar-refractivity contribution < 1.29 is 28.2 Å². The van der Waals surface area contributed by atoms with Gasteiger partial charge in [0.1, 0.15) is 22.2 Å². The number of hydrogen-bond donors (Lipinski definition) is 2. The standard InChI is InChI=1S/C30H29F2N7O4S/c1-30(2,3)43-29(41)37-27-14(7-33)22-25(34-9-18(31)26(22)44-27)21-17-13-42-12-16(17)15-8-35-28(36-24(15)23(21)32)39-10-19(20(40)11-39)38-5-4-6-38/h8-9,19-20,40H,4-6,10-13H2,1-3H3,(H,37,41). The molecule has 0 bridgehead atoms. The predicted molar refractivity (Wildman–Crippen MR) is 159 cm³/mol. The third kappa shape index (κ3) is 4.71. The number of fused-ring (bicyclic) bond motifs is 4. The van der Waals surface area contributed by atoms with E-state index in [1.54, 1.807) is 27.0 Å². The second-order valence-electron chi connectivity index (χ2n) is 12.2. The lowest BCUT2D eigenvalue weighted by atomic mass is 9.94. The van der Waals surface area contributed by atoms with Crippen LogP contribution in [0.3, 0.4) is 0 Å². The van der Waals surface area contributed by atoms with Crippen LogP contribution >= 0.6 is 11.3 Å². The maximum absolute atomic E-state index is 16.8. The number of aliphatic hydroxyl groups is 1. The minimum absolute atomic E-state index is 0.0382. The topological polar surface area (TPSA) is 137 Å². The molecule has 11 nitrogen and oxygen atoms in total. The maximum atomic E-state index is 16.8. The highest BCUT2D eigenvalue weighted by Gasteiger charge is 2.39. The fourth-order valence-electron chi connectivity index (χ4n) is 6.12. The molecule has 2 unspecified atom stereocenters. The molecule has 4 aromatic rings. The van der Waals surface area contributed by atoms with Crippen LogP contribution in [0.5, 0.6) is 0 Å². The number of amides is 1. The molecule has 44 heavy (non-hydrogen) atoms. The zero-order chi connectivity index (χ0) is 30.9. The Labute approximate surface area is 255 Å². The number of ether oxygens (including phenoxy) is 2. The quantitative estimate of drug-likeness (QED) is 0.330. The molecule has 1 aromatic carbocycles. The van der Waals surface area contributed by atoms with Crippen molar-refractivity contribution in [1.29, 1.82) is 5.26 Å². The molecule has 0 saturated carbocycles. The number of aromatic nitrogens is 3. The van der Waals surface area contributed by atoms with Gasteiger partial charge in [0.2, 0.25) is 5.95 Å². The Hall–Kier alpha value is -4.03. The van der Waals surface area contributed by atoms with Crippen LogP contribution in [-0.4, -0.2) is 75.0 Å². The first-order chi connectivity index (χ1) is 21.0. The molecule has 0 aliphatic carbocycles. The average Bonchev–Trinajstić information content (AvgIpc) is 3.65. The summed E-state index contributed by atoms with van der Waals surface area (Å²) < 4.78 is 43.0. The molecule has 3 aliphatic heterocycles. The monoisotopic (exact) mass is 621 g/mol. The van der Waals surface area contributed by atoms with E-state index in [-0.39, 0.29) is 62.6 Å². The van der Waals surface area contributed by atoms with Crippen molar-refractivity contribution in [2.24, 2.45) is 0 Å². The average molecular weight is 622 g/mol. The zero-order valence-electron chi connectivity index (χ0n) is 24.3. The molecule has 6 heterocycles. The highest BCUT2D eigenvalue weighted by atomic mass is 32.1. The summed E-state index contributed by atoms with van der Waals surface area (Å²) in [6.45, 7) is 8.05. The van der Waals surface area contributed by atoms with Gasteiger partial charge in [0, 0.05) is 35.6 Å². The van der Waals surface area contributed by atoms with Crippen molar-refractivity contribution in [1.82, 2.24) is 19.9 Å². The van der Waals surface area contributed by atoms with Gasteiger partial charge < -0.3 is 19.5 Å². The number of aliphatic hydroxyl groups excluding tert-OH is 1. The number of nitrogens with zero attached hydrogens (tertiary/aromatic N) is 6. The third-order valence-corrected chi connectivity index (χ3v) is 9.33. The fourth-order valence-corrected chi connectivity index (χ4v) is 7.16. The number of carbonyl (C=O) groups is 1. The molecular weight excluding hydrogens is 592 g/mol. The van der Waals surface area contributed by atoms with Gasteiger partial charge in [0.05, 0.1) is 47.5 Å². The molecule has 7 rings (SSSR count). The van der Waals surface area contributed by atoms with Crippen LogP contribution in [0.2, 0.25) is 0 Å². The number of halogens is 2. The van der Waals surface area contributed by atoms with Crippen LogP contribution in [0.4, 0.5) is 24.5 Å². The molecule has 1 amide bonds. The molecule has 2 atom stereocenters. The van der Waals surface area contributed by atoms with Gasteiger partial charge in [-0.3, -0.25) is 15.2 Å². The van der Waals surface area contributed by atoms with E-state index in [4.69, 9.17) is 9.47 Å². The Bertz CT molecular complexity index is 1880. The third-order valence-electron chi connectivity index (χ3n) is 8.22.